The van der Waals surface area contributed by atoms with Crippen LogP contribution >= 0.6 is 22.9 Å². The van der Waals surface area contributed by atoms with Crippen LogP contribution in [-0.4, -0.2) is 16.9 Å². The Hall–Kier alpha value is -2.24. The van der Waals surface area contributed by atoms with E-state index in [9.17, 15) is 9.18 Å². The number of carbonyl (C=O) groups excluding carboxylic acids is 1. The lowest BCUT2D eigenvalue weighted by molar-refractivity contribution is 0.0976. The second kappa shape index (κ2) is 7.33. The molecule has 0 fully saturated rings. The number of hydrogen-bond acceptors (Lipinski definition) is 3. The molecule has 0 saturated carbocycles. The van der Waals surface area contributed by atoms with Gasteiger partial charge in [0.25, 0.3) is 5.91 Å². The van der Waals surface area contributed by atoms with Gasteiger partial charge in [-0.1, -0.05) is 41.9 Å². The van der Waals surface area contributed by atoms with Gasteiger partial charge in [-0.15, -0.1) is 11.3 Å². The van der Waals surface area contributed by atoms with E-state index in [0.29, 0.717) is 11.4 Å². The zero-order valence-electron chi connectivity index (χ0n) is 13.7. The summed E-state index contributed by atoms with van der Waals surface area (Å²) < 4.78 is 13.3. The minimum atomic E-state index is -0.440. The maximum Gasteiger partial charge on any atom is 0.278 e. The Morgan fingerprint density at radius 2 is 1.92 bits per heavy atom. The molecule has 1 amide bonds. The Balaban J connectivity index is 1.95. The normalized spacial score (nSPS) is 10.9. The highest BCUT2D eigenvalue weighted by atomic mass is 35.5. The van der Waals surface area contributed by atoms with Gasteiger partial charge in [0, 0.05) is 17.0 Å². The Labute approximate surface area is 154 Å². The van der Waals surface area contributed by atoms with Crippen molar-refractivity contribution in [3.05, 3.63) is 70.4 Å². The highest BCUT2D eigenvalue weighted by molar-refractivity contribution is 7.13. The van der Waals surface area contributed by atoms with E-state index in [1.807, 2.05) is 44.2 Å². The third-order valence-corrected chi connectivity index (χ3v) is 4.84. The van der Waals surface area contributed by atoms with Gasteiger partial charge in [0.1, 0.15) is 16.5 Å². The predicted molar refractivity (Wildman–Crippen MR) is 101 cm³/mol. The zero-order valence-corrected chi connectivity index (χ0v) is 15.3. The highest BCUT2D eigenvalue weighted by Crippen LogP contribution is 2.31. The number of aromatic nitrogens is 1. The molecule has 128 valence electrons. The molecule has 0 aliphatic heterocycles. The van der Waals surface area contributed by atoms with Gasteiger partial charge < -0.3 is 4.90 Å². The summed E-state index contributed by atoms with van der Waals surface area (Å²) in [4.78, 5) is 19.0. The summed E-state index contributed by atoms with van der Waals surface area (Å²) in [6.45, 7) is 3.75. The summed E-state index contributed by atoms with van der Waals surface area (Å²) in [5.74, 6) is -0.702. The molecule has 0 saturated heterocycles. The first-order chi connectivity index (χ1) is 12.0. The number of carbonyl (C=O) groups is 1. The van der Waals surface area contributed by atoms with Crippen molar-refractivity contribution >= 4 is 34.5 Å². The van der Waals surface area contributed by atoms with Crippen molar-refractivity contribution in [2.24, 2.45) is 0 Å². The van der Waals surface area contributed by atoms with E-state index in [0.717, 1.165) is 10.6 Å². The van der Waals surface area contributed by atoms with Crippen molar-refractivity contribution < 1.29 is 9.18 Å². The molecule has 0 N–H and O–H groups in total. The fourth-order valence-electron chi connectivity index (χ4n) is 2.51. The van der Waals surface area contributed by atoms with Crippen molar-refractivity contribution in [2.75, 3.05) is 4.90 Å². The quantitative estimate of drug-likeness (QED) is 0.590. The fraction of sp³-hybridized carbons (Fsp3) is 0.158. The lowest BCUT2D eigenvalue weighted by Crippen LogP contribution is -2.37. The number of nitrogens with zero attached hydrogens (tertiary/aromatic N) is 2. The minimum Gasteiger partial charge on any atom is -0.303 e. The fourth-order valence-corrected chi connectivity index (χ4v) is 3.57. The maximum atomic E-state index is 13.3. The molecule has 0 unspecified atom stereocenters. The molecule has 0 aliphatic carbocycles. The number of halogens is 2. The molecule has 25 heavy (non-hydrogen) atoms. The molecule has 0 bridgehead atoms. The summed E-state index contributed by atoms with van der Waals surface area (Å²) in [5.41, 5.74) is 1.78. The van der Waals surface area contributed by atoms with Crippen LogP contribution in [0.3, 0.4) is 0 Å². The van der Waals surface area contributed by atoms with E-state index in [4.69, 9.17) is 11.6 Å². The van der Waals surface area contributed by atoms with E-state index >= 15 is 0 Å². The van der Waals surface area contributed by atoms with Crippen molar-refractivity contribution in [3.63, 3.8) is 0 Å². The number of rotatable bonds is 4. The lowest BCUT2D eigenvalue weighted by Gasteiger charge is -2.27. The SMILES string of the molecule is CC(C)N(C(=O)c1csc(-c2ccccc2)n1)c1ccc(F)cc1Cl. The first-order valence-electron chi connectivity index (χ1n) is 7.77. The smallest absolute Gasteiger partial charge is 0.278 e. The van der Waals surface area contributed by atoms with Gasteiger partial charge in [-0.3, -0.25) is 4.79 Å². The van der Waals surface area contributed by atoms with Gasteiger partial charge >= 0.3 is 0 Å². The summed E-state index contributed by atoms with van der Waals surface area (Å²) >= 11 is 7.56. The molecule has 6 heteroatoms. The summed E-state index contributed by atoms with van der Waals surface area (Å²) in [6.07, 6.45) is 0. The van der Waals surface area contributed by atoms with Gasteiger partial charge in [-0.05, 0) is 32.0 Å². The average Bonchev–Trinajstić information content (AvgIpc) is 3.07. The molecular weight excluding hydrogens is 359 g/mol. The van der Waals surface area contributed by atoms with Crippen molar-refractivity contribution in [3.8, 4) is 10.6 Å². The highest BCUT2D eigenvalue weighted by Gasteiger charge is 2.25. The first-order valence-corrected chi connectivity index (χ1v) is 9.02. The molecule has 3 rings (SSSR count). The van der Waals surface area contributed by atoms with Crippen LogP contribution in [0.1, 0.15) is 24.3 Å². The van der Waals surface area contributed by atoms with Crippen LogP contribution in [0, 0.1) is 5.82 Å². The summed E-state index contributed by atoms with van der Waals surface area (Å²) in [5, 5.41) is 2.70. The summed E-state index contributed by atoms with van der Waals surface area (Å²) in [6, 6.07) is 13.5. The third-order valence-electron chi connectivity index (χ3n) is 3.65. The third kappa shape index (κ3) is 3.72. The second-order valence-corrected chi connectivity index (χ2v) is 7.03. The standard InChI is InChI=1S/C19H16ClFN2OS/c1-12(2)23(17-9-8-14(21)10-15(17)20)19(24)16-11-25-18(22-16)13-6-4-3-5-7-13/h3-12H,1-2H3. The predicted octanol–water partition coefficient (Wildman–Crippen LogP) is 5.66. The van der Waals surface area contributed by atoms with E-state index in [-0.39, 0.29) is 17.0 Å². The lowest BCUT2D eigenvalue weighted by atomic mass is 10.2. The molecule has 1 heterocycles. The van der Waals surface area contributed by atoms with Crippen molar-refractivity contribution in [2.45, 2.75) is 19.9 Å². The van der Waals surface area contributed by atoms with Gasteiger partial charge in [0.15, 0.2) is 0 Å². The monoisotopic (exact) mass is 374 g/mol. The average molecular weight is 375 g/mol. The van der Waals surface area contributed by atoms with Crippen LogP contribution in [0.15, 0.2) is 53.9 Å². The van der Waals surface area contributed by atoms with Gasteiger partial charge in [-0.2, -0.15) is 0 Å². The molecule has 1 aromatic heterocycles. The van der Waals surface area contributed by atoms with Crippen molar-refractivity contribution in [1.29, 1.82) is 0 Å². The summed E-state index contributed by atoms with van der Waals surface area (Å²) in [7, 11) is 0. The number of benzene rings is 2. The van der Waals surface area contributed by atoms with Gasteiger partial charge in [0.2, 0.25) is 0 Å². The van der Waals surface area contributed by atoms with Crippen LogP contribution in [-0.2, 0) is 0 Å². The maximum absolute atomic E-state index is 13.3. The molecule has 0 atom stereocenters. The van der Waals surface area contributed by atoms with E-state index in [1.165, 1.54) is 34.4 Å². The largest absolute Gasteiger partial charge is 0.303 e. The van der Waals surface area contributed by atoms with Crippen LogP contribution in [0.5, 0.6) is 0 Å². The van der Waals surface area contributed by atoms with Crippen LogP contribution in [0.4, 0.5) is 10.1 Å². The number of hydrogen-bond donors (Lipinski definition) is 0. The number of anilines is 1. The van der Waals surface area contributed by atoms with Crippen LogP contribution in [0.2, 0.25) is 5.02 Å². The number of amides is 1. The first kappa shape index (κ1) is 17.6. The zero-order chi connectivity index (χ0) is 18.0. The van der Waals surface area contributed by atoms with E-state index in [1.54, 1.807) is 5.38 Å². The molecule has 0 radical (unpaired) electrons. The molecular formula is C19H16ClFN2OS. The van der Waals surface area contributed by atoms with E-state index in [2.05, 4.69) is 4.98 Å². The van der Waals surface area contributed by atoms with Gasteiger partial charge in [0.05, 0.1) is 10.7 Å². The Morgan fingerprint density at radius 3 is 2.56 bits per heavy atom. The van der Waals surface area contributed by atoms with Crippen LogP contribution in [0.25, 0.3) is 10.6 Å². The Morgan fingerprint density at radius 1 is 1.20 bits per heavy atom. The molecule has 3 nitrogen and oxygen atoms in total. The molecule has 3 aromatic rings. The molecule has 0 aliphatic rings. The van der Waals surface area contributed by atoms with Gasteiger partial charge in [-0.25, -0.2) is 9.37 Å². The Kier molecular flexibility index (Phi) is 5.16. The minimum absolute atomic E-state index is 0.155. The molecule has 2 aromatic carbocycles. The Bertz CT molecular complexity index is 895. The number of thiazole rings is 1. The van der Waals surface area contributed by atoms with Crippen molar-refractivity contribution in [1.82, 2.24) is 4.98 Å². The van der Waals surface area contributed by atoms with E-state index < -0.39 is 5.82 Å². The second-order valence-electron chi connectivity index (χ2n) is 5.77. The molecule has 0 spiro atoms. The topological polar surface area (TPSA) is 33.2 Å². The van der Waals surface area contributed by atoms with Crippen LogP contribution < -0.4 is 4.90 Å².